The number of nitrogens with zero attached hydrogens (tertiary/aromatic N) is 5. The lowest BCUT2D eigenvalue weighted by atomic mass is 10.2. The zero-order chi connectivity index (χ0) is 15.9. The van der Waals surface area contributed by atoms with Gasteiger partial charge in [0, 0.05) is 18.6 Å². The number of carboxylic acid groups (broad SMARTS) is 1. The molecule has 0 aliphatic carbocycles. The van der Waals surface area contributed by atoms with Gasteiger partial charge < -0.3 is 5.11 Å². The molecule has 0 unspecified atom stereocenters. The molecule has 0 radical (unpaired) electrons. The van der Waals surface area contributed by atoms with Gasteiger partial charge in [0.15, 0.2) is 16.5 Å². The maximum atomic E-state index is 12.5. The topological polar surface area (TPSA) is 85.3 Å². The van der Waals surface area contributed by atoms with Crippen LogP contribution in [0.1, 0.15) is 10.5 Å². The molecule has 0 aliphatic rings. The lowest BCUT2D eigenvalue weighted by Gasteiger charge is -2.00. The van der Waals surface area contributed by atoms with E-state index in [-0.39, 0.29) is 16.4 Å². The Morgan fingerprint density at radius 2 is 2.18 bits per heavy atom. The van der Waals surface area contributed by atoms with E-state index in [9.17, 15) is 18.7 Å². The van der Waals surface area contributed by atoms with Crippen molar-refractivity contribution in [2.75, 3.05) is 0 Å². The SMILES string of the molecule is O=C(O)c1nn(CC(F)F)cc1-c1cnc2c(Cl)nccn12. The minimum absolute atomic E-state index is 0.144. The van der Waals surface area contributed by atoms with Crippen molar-refractivity contribution in [1.29, 1.82) is 0 Å². The van der Waals surface area contributed by atoms with Crippen LogP contribution >= 0.6 is 11.6 Å². The van der Waals surface area contributed by atoms with E-state index in [0.29, 0.717) is 11.3 Å². The van der Waals surface area contributed by atoms with E-state index in [4.69, 9.17) is 11.6 Å². The summed E-state index contributed by atoms with van der Waals surface area (Å²) in [6.07, 6.45) is 2.95. The van der Waals surface area contributed by atoms with Gasteiger partial charge in [0.05, 0.1) is 17.5 Å². The molecule has 0 aromatic carbocycles. The lowest BCUT2D eigenvalue weighted by Crippen LogP contribution is -2.08. The Bertz CT molecular complexity index is 860. The summed E-state index contributed by atoms with van der Waals surface area (Å²) in [5, 5.41) is 13.0. The fraction of sp³-hybridized carbons (Fsp3) is 0.167. The first kappa shape index (κ1) is 14.4. The second-order valence-corrected chi connectivity index (χ2v) is 4.72. The smallest absolute Gasteiger partial charge is 0.357 e. The summed E-state index contributed by atoms with van der Waals surface area (Å²) in [6.45, 7) is -0.695. The number of aromatic carboxylic acids is 1. The van der Waals surface area contributed by atoms with Crippen molar-refractivity contribution >= 4 is 23.2 Å². The number of rotatable bonds is 4. The van der Waals surface area contributed by atoms with Crippen LogP contribution in [-0.4, -0.2) is 41.7 Å². The maximum Gasteiger partial charge on any atom is 0.357 e. The van der Waals surface area contributed by atoms with Crippen LogP contribution in [0.3, 0.4) is 0 Å². The molecule has 7 nitrogen and oxygen atoms in total. The van der Waals surface area contributed by atoms with Crippen molar-refractivity contribution in [3.05, 3.63) is 35.6 Å². The highest BCUT2D eigenvalue weighted by Crippen LogP contribution is 2.26. The summed E-state index contributed by atoms with van der Waals surface area (Å²) in [4.78, 5) is 19.2. The van der Waals surface area contributed by atoms with Crippen molar-refractivity contribution in [3.8, 4) is 11.3 Å². The number of fused-ring (bicyclic) bond motifs is 1. The summed E-state index contributed by atoms with van der Waals surface area (Å²) in [5.41, 5.74) is 0.535. The average molecular weight is 328 g/mol. The number of aromatic nitrogens is 5. The molecule has 0 spiro atoms. The van der Waals surface area contributed by atoms with Crippen molar-refractivity contribution < 1.29 is 18.7 Å². The number of carbonyl (C=O) groups is 1. The van der Waals surface area contributed by atoms with Crippen LogP contribution in [0.5, 0.6) is 0 Å². The molecule has 0 amide bonds. The third kappa shape index (κ3) is 2.39. The highest BCUT2D eigenvalue weighted by molar-refractivity contribution is 6.32. The first-order chi connectivity index (χ1) is 10.5. The molecule has 3 rings (SSSR count). The third-order valence-corrected chi connectivity index (χ3v) is 3.22. The van der Waals surface area contributed by atoms with Crippen LogP contribution in [-0.2, 0) is 6.54 Å². The molecule has 0 aliphatic heterocycles. The molecule has 3 aromatic heterocycles. The summed E-state index contributed by atoms with van der Waals surface area (Å²) in [5.74, 6) is -1.32. The van der Waals surface area contributed by atoms with E-state index in [1.807, 2.05) is 0 Å². The van der Waals surface area contributed by atoms with Crippen LogP contribution in [0.15, 0.2) is 24.8 Å². The molecular formula is C12H8ClF2N5O2. The van der Waals surface area contributed by atoms with Crippen LogP contribution in [0, 0.1) is 0 Å². The van der Waals surface area contributed by atoms with Gasteiger partial charge in [-0.2, -0.15) is 5.10 Å². The van der Waals surface area contributed by atoms with E-state index in [1.165, 1.54) is 23.0 Å². The van der Waals surface area contributed by atoms with Crippen molar-refractivity contribution in [2.24, 2.45) is 0 Å². The first-order valence-corrected chi connectivity index (χ1v) is 6.42. The number of halogens is 3. The molecule has 0 bridgehead atoms. The van der Waals surface area contributed by atoms with Crippen molar-refractivity contribution in [1.82, 2.24) is 24.1 Å². The molecule has 114 valence electrons. The fourth-order valence-electron chi connectivity index (χ4n) is 2.09. The van der Waals surface area contributed by atoms with Crippen LogP contribution < -0.4 is 0 Å². The zero-order valence-electron chi connectivity index (χ0n) is 10.8. The Balaban J connectivity index is 2.19. The number of imidazole rings is 1. The summed E-state index contributed by atoms with van der Waals surface area (Å²) in [7, 11) is 0. The predicted octanol–water partition coefficient (Wildman–Crippen LogP) is 2.21. The molecule has 0 saturated carbocycles. The van der Waals surface area contributed by atoms with Crippen molar-refractivity contribution in [2.45, 2.75) is 13.0 Å². The van der Waals surface area contributed by atoms with E-state index in [2.05, 4.69) is 15.1 Å². The average Bonchev–Trinajstić information content (AvgIpc) is 3.02. The van der Waals surface area contributed by atoms with Crippen molar-refractivity contribution in [3.63, 3.8) is 0 Å². The predicted molar refractivity (Wildman–Crippen MR) is 72.2 cm³/mol. The van der Waals surface area contributed by atoms with Crippen LogP contribution in [0.25, 0.3) is 16.9 Å². The first-order valence-electron chi connectivity index (χ1n) is 6.04. The van der Waals surface area contributed by atoms with Gasteiger partial charge in [-0.1, -0.05) is 11.6 Å². The van der Waals surface area contributed by atoms with Gasteiger partial charge in [-0.05, 0) is 0 Å². The number of alkyl halides is 2. The second-order valence-electron chi connectivity index (χ2n) is 4.36. The minimum Gasteiger partial charge on any atom is -0.476 e. The minimum atomic E-state index is -2.64. The summed E-state index contributed by atoms with van der Waals surface area (Å²) < 4.78 is 27.3. The Labute approximate surface area is 126 Å². The van der Waals surface area contributed by atoms with Gasteiger partial charge >= 0.3 is 5.97 Å². The van der Waals surface area contributed by atoms with Gasteiger partial charge in [0.2, 0.25) is 0 Å². The quantitative estimate of drug-likeness (QED) is 0.794. The van der Waals surface area contributed by atoms with Crippen LogP contribution in [0.4, 0.5) is 8.78 Å². The lowest BCUT2D eigenvalue weighted by molar-refractivity contribution is 0.0687. The molecule has 0 atom stereocenters. The van der Waals surface area contributed by atoms with Gasteiger partial charge in [-0.3, -0.25) is 9.08 Å². The van der Waals surface area contributed by atoms with E-state index < -0.39 is 18.9 Å². The molecule has 3 aromatic rings. The fourth-order valence-corrected chi connectivity index (χ4v) is 2.28. The summed E-state index contributed by atoms with van der Waals surface area (Å²) in [6, 6.07) is 0. The molecule has 10 heteroatoms. The van der Waals surface area contributed by atoms with Gasteiger partial charge in [0.25, 0.3) is 6.43 Å². The molecular weight excluding hydrogens is 320 g/mol. The maximum absolute atomic E-state index is 12.5. The highest BCUT2D eigenvalue weighted by Gasteiger charge is 2.21. The van der Waals surface area contributed by atoms with Gasteiger partial charge in [0.1, 0.15) is 6.54 Å². The van der Waals surface area contributed by atoms with Crippen LogP contribution in [0.2, 0.25) is 5.15 Å². The standard InChI is InChI=1S/C12H8ClF2N5O2/c13-10-11-17-3-7(20(11)2-1-16-10)6-4-19(5-8(14)15)18-9(6)12(21)22/h1-4,8H,5H2,(H,21,22). The summed E-state index contributed by atoms with van der Waals surface area (Å²) >= 11 is 5.90. The zero-order valence-corrected chi connectivity index (χ0v) is 11.6. The molecule has 1 N–H and O–H groups in total. The van der Waals surface area contributed by atoms with E-state index >= 15 is 0 Å². The molecule has 0 fully saturated rings. The molecule has 0 saturated heterocycles. The third-order valence-electron chi connectivity index (χ3n) is 2.95. The second kappa shape index (κ2) is 5.34. The number of hydrogen-bond donors (Lipinski definition) is 1. The number of hydrogen-bond acceptors (Lipinski definition) is 4. The Hall–Kier alpha value is -2.55. The van der Waals surface area contributed by atoms with Gasteiger partial charge in [-0.25, -0.2) is 23.5 Å². The normalized spacial score (nSPS) is 11.5. The highest BCUT2D eigenvalue weighted by atomic mass is 35.5. The largest absolute Gasteiger partial charge is 0.476 e. The monoisotopic (exact) mass is 327 g/mol. The Kier molecular flexibility index (Phi) is 3.49. The van der Waals surface area contributed by atoms with Gasteiger partial charge in [-0.15, -0.1) is 0 Å². The number of carboxylic acids is 1. The molecule has 3 heterocycles. The Morgan fingerprint density at radius 3 is 2.86 bits per heavy atom. The van der Waals surface area contributed by atoms with E-state index in [1.54, 1.807) is 6.20 Å². The molecule has 22 heavy (non-hydrogen) atoms. The Morgan fingerprint density at radius 1 is 1.41 bits per heavy atom. The van der Waals surface area contributed by atoms with E-state index in [0.717, 1.165) is 4.68 Å².